The van der Waals surface area contributed by atoms with E-state index in [4.69, 9.17) is 14.5 Å². The van der Waals surface area contributed by atoms with E-state index in [0.29, 0.717) is 58.7 Å². The molecule has 0 fully saturated rings. The lowest BCUT2D eigenvalue weighted by molar-refractivity contribution is 0.355. The Morgan fingerprint density at radius 1 is 0.730 bits per heavy atom. The summed E-state index contributed by atoms with van der Waals surface area (Å²) in [6.45, 7) is 0.373. The molecule has 2 heterocycles. The molecule has 0 spiro atoms. The van der Waals surface area contributed by atoms with Crippen LogP contribution >= 0.6 is 0 Å². The fraction of sp³-hybridized carbons (Fsp3) is 0.148. The maximum Gasteiger partial charge on any atom is 0.206 e. The van der Waals surface area contributed by atoms with Crippen LogP contribution in [0.2, 0.25) is 0 Å². The average molecular weight is 501 g/mol. The quantitative estimate of drug-likeness (QED) is 0.319. The van der Waals surface area contributed by atoms with Crippen LogP contribution in [-0.2, 0) is 13.0 Å². The molecule has 0 aliphatic carbocycles. The molecule has 0 atom stereocenters. The lowest BCUT2D eigenvalue weighted by Crippen LogP contribution is -2.09. The largest absolute Gasteiger partial charge is 0.493 e. The molecule has 0 saturated carbocycles. The SMILES string of the molecule is COc1ccc(-c2nnc3nc(Cc4ccc(F)cc4)nc(NCc4ccc(F)cc4)c3n2)cc1OC. The third-order valence-electron chi connectivity index (χ3n) is 5.66. The standard InChI is InChI=1S/C27H22F2N6O2/c1-36-21-12-7-18(14-22(21)37-2)25-33-24-26(30-15-17-5-10-20(29)11-6-17)31-23(32-27(24)35-34-25)13-16-3-8-19(28)9-4-16/h3-12,14H,13,15H2,1-2H3,(H,30,31,32,35). The van der Waals surface area contributed by atoms with Crippen LogP contribution in [0.15, 0.2) is 66.7 Å². The number of nitrogens with zero attached hydrogens (tertiary/aromatic N) is 5. The summed E-state index contributed by atoms with van der Waals surface area (Å²) >= 11 is 0. The zero-order chi connectivity index (χ0) is 25.8. The third kappa shape index (κ3) is 5.43. The van der Waals surface area contributed by atoms with Crippen LogP contribution in [-0.4, -0.2) is 39.4 Å². The van der Waals surface area contributed by atoms with Gasteiger partial charge >= 0.3 is 0 Å². The van der Waals surface area contributed by atoms with E-state index in [9.17, 15) is 8.78 Å². The van der Waals surface area contributed by atoms with Crippen molar-refractivity contribution >= 4 is 17.0 Å². The molecule has 5 rings (SSSR count). The summed E-state index contributed by atoms with van der Waals surface area (Å²) < 4.78 is 37.4. The van der Waals surface area contributed by atoms with Gasteiger partial charge in [-0.3, -0.25) is 0 Å². The van der Waals surface area contributed by atoms with Crippen molar-refractivity contribution in [2.45, 2.75) is 13.0 Å². The number of hydrogen-bond acceptors (Lipinski definition) is 8. The van der Waals surface area contributed by atoms with Gasteiger partial charge in [-0.05, 0) is 53.6 Å². The van der Waals surface area contributed by atoms with E-state index in [-0.39, 0.29) is 11.6 Å². The van der Waals surface area contributed by atoms with Crippen LogP contribution in [0.5, 0.6) is 11.5 Å². The first-order chi connectivity index (χ1) is 18.0. The zero-order valence-corrected chi connectivity index (χ0v) is 20.1. The zero-order valence-electron chi connectivity index (χ0n) is 20.1. The number of hydrogen-bond donors (Lipinski definition) is 1. The summed E-state index contributed by atoms with van der Waals surface area (Å²) in [7, 11) is 3.11. The van der Waals surface area contributed by atoms with E-state index in [0.717, 1.165) is 11.1 Å². The van der Waals surface area contributed by atoms with Crippen molar-refractivity contribution in [1.29, 1.82) is 0 Å². The van der Waals surface area contributed by atoms with E-state index >= 15 is 0 Å². The van der Waals surface area contributed by atoms with Crippen molar-refractivity contribution < 1.29 is 18.3 Å². The average Bonchev–Trinajstić information content (AvgIpc) is 2.93. The molecular weight excluding hydrogens is 478 g/mol. The minimum Gasteiger partial charge on any atom is -0.493 e. The summed E-state index contributed by atoms with van der Waals surface area (Å²) in [4.78, 5) is 13.9. The maximum absolute atomic E-state index is 13.3. The summed E-state index contributed by atoms with van der Waals surface area (Å²) in [5.41, 5.74) is 3.10. The third-order valence-corrected chi connectivity index (χ3v) is 5.66. The highest BCUT2D eigenvalue weighted by Gasteiger charge is 2.15. The van der Waals surface area contributed by atoms with Crippen LogP contribution < -0.4 is 14.8 Å². The predicted octanol–water partition coefficient (Wildman–Crippen LogP) is 4.98. The number of nitrogens with one attached hydrogen (secondary N) is 1. The molecule has 8 nitrogen and oxygen atoms in total. The monoisotopic (exact) mass is 500 g/mol. The van der Waals surface area contributed by atoms with Gasteiger partial charge in [-0.15, -0.1) is 10.2 Å². The van der Waals surface area contributed by atoms with Crippen molar-refractivity contribution in [2.75, 3.05) is 19.5 Å². The number of benzene rings is 3. The molecule has 0 unspecified atom stereocenters. The molecule has 0 aliphatic heterocycles. The number of aromatic nitrogens is 5. The van der Waals surface area contributed by atoms with Crippen molar-refractivity contribution in [1.82, 2.24) is 25.1 Å². The summed E-state index contributed by atoms with van der Waals surface area (Å²) in [6, 6.07) is 17.6. The van der Waals surface area contributed by atoms with E-state index in [1.165, 1.54) is 24.3 Å². The predicted molar refractivity (Wildman–Crippen MR) is 134 cm³/mol. The normalized spacial score (nSPS) is 10.9. The summed E-state index contributed by atoms with van der Waals surface area (Å²) in [5.74, 6) is 1.75. The molecule has 0 saturated heterocycles. The first kappa shape index (κ1) is 24.0. The molecule has 3 aromatic carbocycles. The van der Waals surface area contributed by atoms with Crippen LogP contribution in [0.25, 0.3) is 22.6 Å². The first-order valence-electron chi connectivity index (χ1n) is 11.4. The molecule has 2 aromatic heterocycles. The van der Waals surface area contributed by atoms with E-state index < -0.39 is 0 Å². The van der Waals surface area contributed by atoms with Gasteiger partial charge in [0.05, 0.1) is 14.2 Å². The second kappa shape index (κ2) is 10.5. The number of halogens is 2. The molecule has 0 aliphatic rings. The van der Waals surface area contributed by atoms with Crippen molar-refractivity contribution in [3.05, 3.63) is 95.3 Å². The van der Waals surface area contributed by atoms with Gasteiger partial charge in [-0.1, -0.05) is 24.3 Å². The van der Waals surface area contributed by atoms with Gasteiger partial charge in [-0.25, -0.2) is 23.7 Å². The van der Waals surface area contributed by atoms with E-state index in [1.807, 2.05) is 0 Å². The van der Waals surface area contributed by atoms with Crippen LogP contribution in [0.3, 0.4) is 0 Å². The Morgan fingerprint density at radius 2 is 1.41 bits per heavy atom. The molecule has 0 amide bonds. The van der Waals surface area contributed by atoms with Gasteiger partial charge in [0.1, 0.15) is 17.5 Å². The van der Waals surface area contributed by atoms with Crippen LogP contribution in [0, 0.1) is 11.6 Å². The number of rotatable bonds is 8. The molecule has 186 valence electrons. The van der Waals surface area contributed by atoms with Crippen LogP contribution in [0.4, 0.5) is 14.6 Å². The van der Waals surface area contributed by atoms with Crippen molar-refractivity contribution in [2.24, 2.45) is 0 Å². The Hall–Kier alpha value is -4.73. The van der Waals surface area contributed by atoms with Crippen molar-refractivity contribution in [3.63, 3.8) is 0 Å². The van der Waals surface area contributed by atoms with Gasteiger partial charge in [0.15, 0.2) is 28.7 Å². The van der Waals surface area contributed by atoms with E-state index in [2.05, 4.69) is 25.5 Å². The Balaban J connectivity index is 1.54. The summed E-state index contributed by atoms with van der Waals surface area (Å²) in [6.07, 6.45) is 0.362. The molecule has 1 N–H and O–H groups in total. The minimum atomic E-state index is -0.317. The molecule has 0 radical (unpaired) electrons. The fourth-order valence-corrected chi connectivity index (χ4v) is 3.76. The fourth-order valence-electron chi connectivity index (χ4n) is 3.76. The molecular formula is C27H22F2N6O2. The molecule has 37 heavy (non-hydrogen) atoms. The second-order valence-electron chi connectivity index (χ2n) is 8.15. The maximum atomic E-state index is 13.3. The van der Waals surface area contributed by atoms with Gasteiger partial charge in [0.2, 0.25) is 5.65 Å². The first-order valence-corrected chi connectivity index (χ1v) is 11.4. The van der Waals surface area contributed by atoms with Gasteiger partial charge in [0, 0.05) is 18.5 Å². The molecule has 5 aromatic rings. The number of methoxy groups -OCH3 is 2. The second-order valence-corrected chi connectivity index (χ2v) is 8.15. The number of anilines is 1. The number of ether oxygens (including phenoxy) is 2. The van der Waals surface area contributed by atoms with Gasteiger partial charge < -0.3 is 14.8 Å². The topological polar surface area (TPSA) is 94.9 Å². The Labute approximate surface area is 211 Å². The highest BCUT2D eigenvalue weighted by Crippen LogP contribution is 2.31. The van der Waals surface area contributed by atoms with Crippen LogP contribution in [0.1, 0.15) is 17.0 Å². The lowest BCUT2D eigenvalue weighted by atomic mass is 10.1. The Kier molecular flexibility index (Phi) is 6.80. The summed E-state index contributed by atoms with van der Waals surface area (Å²) in [5, 5.41) is 11.9. The Bertz CT molecular complexity index is 1550. The highest BCUT2D eigenvalue weighted by molar-refractivity contribution is 5.83. The molecule has 10 heteroatoms. The van der Waals surface area contributed by atoms with E-state index in [1.54, 1.807) is 56.7 Å². The Morgan fingerprint density at radius 3 is 2.08 bits per heavy atom. The smallest absolute Gasteiger partial charge is 0.206 e. The van der Waals surface area contributed by atoms with Crippen molar-refractivity contribution in [3.8, 4) is 22.9 Å². The minimum absolute atomic E-state index is 0.304. The highest BCUT2D eigenvalue weighted by atomic mass is 19.1. The van der Waals surface area contributed by atoms with Gasteiger partial charge in [0.25, 0.3) is 0 Å². The van der Waals surface area contributed by atoms with Gasteiger partial charge in [-0.2, -0.15) is 0 Å². The number of fused-ring (bicyclic) bond motifs is 1. The molecule has 0 bridgehead atoms. The lowest BCUT2D eigenvalue weighted by Gasteiger charge is -2.12.